The maximum absolute atomic E-state index is 12.3. The number of nitriles is 1. The summed E-state index contributed by atoms with van der Waals surface area (Å²) >= 11 is 0. The standard InChI is InChI=1S/C17H16N2O3S/c18-12-15-3-1-2-4-17(15)23(20,21)19-9-7-13-5-6-16-14(11-13)8-10-22-16/h1-6,11,19H,7-10H2. The van der Waals surface area contributed by atoms with Crippen molar-refractivity contribution in [1.29, 1.82) is 5.26 Å². The normalized spacial score (nSPS) is 13.2. The fraction of sp³-hybridized carbons (Fsp3) is 0.235. The zero-order valence-electron chi connectivity index (χ0n) is 12.5. The van der Waals surface area contributed by atoms with E-state index in [1.54, 1.807) is 12.1 Å². The van der Waals surface area contributed by atoms with Crippen LogP contribution < -0.4 is 9.46 Å². The summed E-state index contributed by atoms with van der Waals surface area (Å²) in [5, 5.41) is 9.02. The van der Waals surface area contributed by atoms with Crippen molar-refractivity contribution in [3.05, 3.63) is 59.2 Å². The zero-order chi connectivity index (χ0) is 16.3. The van der Waals surface area contributed by atoms with E-state index < -0.39 is 10.0 Å². The quantitative estimate of drug-likeness (QED) is 0.910. The summed E-state index contributed by atoms with van der Waals surface area (Å²) in [7, 11) is -3.68. The summed E-state index contributed by atoms with van der Waals surface area (Å²) in [6.07, 6.45) is 1.48. The van der Waals surface area contributed by atoms with Crippen molar-refractivity contribution in [1.82, 2.24) is 4.72 Å². The monoisotopic (exact) mass is 328 g/mol. The van der Waals surface area contributed by atoms with Crippen LogP contribution in [0.15, 0.2) is 47.4 Å². The van der Waals surface area contributed by atoms with Gasteiger partial charge in [0, 0.05) is 13.0 Å². The Bertz CT molecular complexity index is 870. The number of rotatable bonds is 5. The van der Waals surface area contributed by atoms with Crippen LogP contribution in [0.25, 0.3) is 0 Å². The first-order valence-corrected chi connectivity index (χ1v) is 8.82. The van der Waals surface area contributed by atoms with Crippen LogP contribution in [-0.4, -0.2) is 21.6 Å². The van der Waals surface area contributed by atoms with Crippen molar-refractivity contribution in [2.24, 2.45) is 0 Å². The van der Waals surface area contributed by atoms with Crippen LogP contribution in [0.3, 0.4) is 0 Å². The highest BCUT2D eigenvalue weighted by atomic mass is 32.2. The SMILES string of the molecule is N#Cc1ccccc1S(=O)(=O)NCCc1ccc2c(c1)CCO2. The Labute approximate surface area is 135 Å². The number of nitrogens with one attached hydrogen (secondary N) is 1. The summed E-state index contributed by atoms with van der Waals surface area (Å²) in [5.41, 5.74) is 2.38. The Morgan fingerprint density at radius 2 is 2.04 bits per heavy atom. The molecular weight excluding hydrogens is 312 g/mol. The van der Waals surface area contributed by atoms with Crippen LogP contribution in [0, 0.1) is 11.3 Å². The Kier molecular flexibility index (Phi) is 4.33. The molecule has 0 atom stereocenters. The molecule has 0 aromatic heterocycles. The van der Waals surface area contributed by atoms with E-state index in [-0.39, 0.29) is 17.0 Å². The van der Waals surface area contributed by atoms with Gasteiger partial charge in [0.15, 0.2) is 0 Å². The van der Waals surface area contributed by atoms with E-state index in [1.807, 2.05) is 18.2 Å². The van der Waals surface area contributed by atoms with Crippen molar-refractivity contribution < 1.29 is 13.2 Å². The predicted molar refractivity (Wildman–Crippen MR) is 85.7 cm³/mol. The molecule has 118 valence electrons. The molecular formula is C17H16N2O3S. The number of hydrogen-bond donors (Lipinski definition) is 1. The van der Waals surface area contributed by atoms with Gasteiger partial charge in [0.2, 0.25) is 10.0 Å². The molecule has 0 saturated carbocycles. The highest BCUT2D eigenvalue weighted by molar-refractivity contribution is 7.89. The van der Waals surface area contributed by atoms with Gasteiger partial charge in [0.1, 0.15) is 11.8 Å². The molecule has 0 amide bonds. The zero-order valence-corrected chi connectivity index (χ0v) is 13.3. The van der Waals surface area contributed by atoms with E-state index >= 15 is 0 Å². The molecule has 3 rings (SSSR count). The first-order chi connectivity index (χ1) is 11.1. The Balaban J connectivity index is 1.67. The molecule has 0 bridgehead atoms. The Hall–Kier alpha value is -2.36. The van der Waals surface area contributed by atoms with E-state index in [9.17, 15) is 8.42 Å². The molecule has 0 saturated heterocycles. The molecule has 2 aromatic carbocycles. The van der Waals surface area contributed by atoms with E-state index in [4.69, 9.17) is 10.00 Å². The number of sulfonamides is 1. The number of ether oxygens (including phenoxy) is 1. The molecule has 1 aliphatic heterocycles. The number of hydrogen-bond acceptors (Lipinski definition) is 4. The molecule has 0 unspecified atom stereocenters. The highest BCUT2D eigenvalue weighted by Gasteiger charge is 2.18. The van der Waals surface area contributed by atoms with Crippen molar-refractivity contribution in [3.63, 3.8) is 0 Å². The van der Waals surface area contributed by atoms with E-state index in [2.05, 4.69) is 10.8 Å². The lowest BCUT2D eigenvalue weighted by molar-refractivity contribution is 0.357. The van der Waals surface area contributed by atoms with Gasteiger partial charge < -0.3 is 4.74 Å². The summed E-state index contributed by atoms with van der Waals surface area (Å²) in [6, 6.07) is 14.0. The van der Waals surface area contributed by atoms with E-state index in [0.29, 0.717) is 13.0 Å². The first kappa shape index (κ1) is 15.5. The highest BCUT2D eigenvalue weighted by Crippen LogP contribution is 2.26. The minimum absolute atomic E-state index is 0.0184. The Morgan fingerprint density at radius 1 is 1.22 bits per heavy atom. The molecule has 5 nitrogen and oxygen atoms in total. The lowest BCUT2D eigenvalue weighted by atomic mass is 10.1. The van der Waals surface area contributed by atoms with Gasteiger partial charge in [0.05, 0.1) is 17.1 Å². The van der Waals surface area contributed by atoms with Crippen molar-refractivity contribution in [2.75, 3.05) is 13.2 Å². The third-order valence-electron chi connectivity index (χ3n) is 3.76. The largest absolute Gasteiger partial charge is 0.493 e. The average Bonchev–Trinajstić information content (AvgIpc) is 3.02. The third-order valence-corrected chi connectivity index (χ3v) is 5.28. The number of benzene rings is 2. The maximum atomic E-state index is 12.3. The van der Waals surface area contributed by atoms with Crippen molar-refractivity contribution >= 4 is 10.0 Å². The summed E-state index contributed by atoms with van der Waals surface area (Å²) in [4.78, 5) is 0.0184. The molecule has 6 heteroatoms. The molecule has 1 aliphatic rings. The van der Waals surface area contributed by atoms with Gasteiger partial charge in [-0.3, -0.25) is 0 Å². The molecule has 0 radical (unpaired) electrons. The van der Waals surface area contributed by atoms with Gasteiger partial charge >= 0.3 is 0 Å². The minimum Gasteiger partial charge on any atom is -0.493 e. The number of nitrogens with zero attached hydrogens (tertiary/aromatic N) is 1. The van der Waals surface area contributed by atoms with Crippen LogP contribution >= 0.6 is 0 Å². The second kappa shape index (κ2) is 6.41. The molecule has 23 heavy (non-hydrogen) atoms. The second-order valence-corrected chi connectivity index (χ2v) is 7.03. The second-order valence-electron chi connectivity index (χ2n) is 5.30. The fourth-order valence-electron chi connectivity index (χ4n) is 2.60. The summed E-state index contributed by atoms with van der Waals surface area (Å²) < 4.78 is 32.6. The topological polar surface area (TPSA) is 79.2 Å². The Morgan fingerprint density at radius 3 is 2.87 bits per heavy atom. The van der Waals surface area contributed by atoms with Crippen LogP contribution in [0.5, 0.6) is 5.75 Å². The predicted octanol–water partition coefficient (Wildman–Crippen LogP) is 2.01. The van der Waals surface area contributed by atoms with Crippen molar-refractivity contribution in [2.45, 2.75) is 17.7 Å². The molecule has 1 N–H and O–H groups in total. The van der Waals surface area contributed by atoms with Gasteiger partial charge in [-0.05, 0) is 35.7 Å². The lowest BCUT2D eigenvalue weighted by Crippen LogP contribution is -2.26. The van der Waals surface area contributed by atoms with Crippen LogP contribution in [0.2, 0.25) is 0 Å². The summed E-state index contributed by atoms with van der Waals surface area (Å²) in [6.45, 7) is 0.984. The first-order valence-electron chi connectivity index (χ1n) is 7.33. The van der Waals surface area contributed by atoms with Gasteiger partial charge in [0.25, 0.3) is 0 Å². The molecule has 2 aromatic rings. The average molecular weight is 328 g/mol. The minimum atomic E-state index is -3.68. The van der Waals surface area contributed by atoms with E-state index in [1.165, 1.54) is 17.7 Å². The third kappa shape index (κ3) is 3.36. The van der Waals surface area contributed by atoms with Crippen LogP contribution in [0.4, 0.5) is 0 Å². The lowest BCUT2D eigenvalue weighted by Gasteiger charge is -2.09. The molecule has 0 aliphatic carbocycles. The molecule has 0 fully saturated rings. The maximum Gasteiger partial charge on any atom is 0.241 e. The van der Waals surface area contributed by atoms with Gasteiger partial charge in [-0.15, -0.1) is 0 Å². The molecule has 0 spiro atoms. The smallest absolute Gasteiger partial charge is 0.241 e. The molecule has 1 heterocycles. The van der Waals surface area contributed by atoms with Crippen LogP contribution in [0.1, 0.15) is 16.7 Å². The van der Waals surface area contributed by atoms with E-state index in [0.717, 1.165) is 17.7 Å². The van der Waals surface area contributed by atoms with Gasteiger partial charge in [-0.25, -0.2) is 13.1 Å². The van der Waals surface area contributed by atoms with Gasteiger partial charge in [-0.1, -0.05) is 24.3 Å². The van der Waals surface area contributed by atoms with Gasteiger partial charge in [-0.2, -0.15) is 5.26 Å². The van der Waals surface area contributed by atoms with Crippen LogP contribution in [-0.2, 0) is 22.9 Å². The number of fused-ring (bicyclic) bond motifs is 1. The van der Waals surface area contributed by atoms with Crippen molar-refractivity contribution in [3.8, 4) is 11.8 Å². The fourth-order valence-corrected chi connectivity index (χ4v) is 3.78. The summed E-state index contributed by atoms with van der Waals surface area (Å²) in [5.74, 6) is 0.914.